The smallest absolute Gasteiger partial charge is 0.203 e. The summed E-state index contributed by atoms with van der Waals surface area (Å²) < 4.78 is 7.55. The summed E-state index contributed by atoms with van der Waals surface area (Å²) in [6, 6.07) is 9.25. The first-order chi connectivity index (χ1) is 9.13. The van der Waals surface area contributed by atoms with Crippen LogP contribution in [0.1, 0.15) is 28.1 Å². The zero-order chi connectivity index (χ0) is 13.4. The summed E-state index contributed by atoms with van der Waals surface area (Å²) in [7, 11) is 0. The van der Waals surface area contributed by atoms with Gasteiger partial charge in [-0.3, -0.25) is 4.79 Å². The van der Waals surface area contributed by atoms with Crippen LogP contribution < -0.4 is 4.74 Å². The number of hydrogen-bond donors (Lipinski definition) is 0. The van der Waals surface area contributed by atoms with Crippen LogP contribution in [0.15, 0.2) is 38.6 Å². The number of halogens is 2. The van der Waals surface area contributed by atoms with Crippen molar-refractivity contribution in [3.63, 3.8) is 0 Å². The first-order valence-corrected chi connectivity index (χ1v) is 8.30. The molecule has 0 saturated heterocycles. The molecule has 0 aliphatic heterocycles. The number of ether oxygens (including phenoxy) is 1. The van der Waals surface area contributed by atoms with Crippen molar-refractivity contribution < 1.29 is 9.53 Å². The van der Waals surface area contributed by atoms with E-state index < -0.39 is 0 Å². The molecule has 0 bridgehead atoms. The summed E-state index contributed by atoms with van der Waals surface area (Å²) >= 11 is 8.23. The number of hydrogen-bond acceptors (Lipinski definition) is 3. The molecule has 1 saturated carbocycles. The van der Waals surface area contributed by atoms with Gasteiger partial charge in [0.2, 0.25) is 5.78 Å². The van der Waals surface area contributed by atoms with Gasteiger partial charge in [0.15, 0.2) is 0 Å². The normalized spacial score (nSPS) is 14.4. The Bertz CT molecular complexity index is 613. The number of thiophene rings is 1. The monoisotopic (exact) mass is 400 g/mol. The molecule has 0 atom stereocenters. The van der Waals surface area contributed by atoms with Gasteiger partial charge in [-0.25, -0.2) is 0 Å². The predicted molar refractivity (Wildman–Crippen MR) is 83.2 cm³/mol. The second-order valence-electron chi connectivity index (χ2n) is 4.41. The van der Waals surface area contributed by atoms with Crippen molar-refractivity contribution in [3.05, 3.63) is 49.0 Å². The van der Waals surface area contributed by atoms with E-state index in [-0.39, 0.29) is 5.78 Å². The molecule has 0 spiro atoms. The minimum Gasteiger partial charge on any atom is -0.490 e. The average Bonchev–Trinajstić information content (AvgIpc) is 3.15. The van der Waals surface area contributed by atoms with E-state index in [0.29, 0.717) is 16.5 Å². The van der Waals surface area contributed by atoms with Crippen LogP contribution in [0.25, 0.3) is 0 Å². The Balaban J connectivity index is 1.85. The highest BCUT2D eigenvalue weighted by Gasteiger charge is 2.24. The number of ketones is 1. The Morgan fingerprint density at radius 3 is 2.68 bits per heavy atom. The van der Waals surface area contributed by atoms with Crippen molar-refractivity contribution in [2.24, 2.45) is 0 Å². The molecule has 1 aromatic carbocycles. The number of carbonyl (C=O) groups is 1. The molecule has 98 valence electrons. The zero-order valence-corrected chi connectivity index (χ0v) is 13.8. The Morgan fingerprint density at radius 1 is 1.26 bits per heavy atom. The van der Waals surface area contributed by atoms with Gasteiger partial charge in [-0.1, -0.05) is 12.1 Å². The van der Waals surface area contributed by atoms with E-state index in [9.17, 15) is 4.79 Å². The molecule has 19 heavy (non-hydrogen) atoms. The standard InChI is InChI=1S/C14H10Br2O2S/c15-11-7-12(19-14(11)16)13(17)8-2-1-3-10(6-8)18-9-4-5-9/h1-3,6-7,9H,4-5H2. The molecular formula is C14H10Br2O2S. The molecule has 3 rings (SSSR count). The second kappa shape index (κ2) is 5.38. The summed E-state index contributed by atoms with van der Waals surface area (Å²) in [4.78, 5) is 13.1. The molecule has 1 fully saturated rings. The van der Waals surface area contributed by atoms with E-state index in [1.807, 2.05) is 30.3 Å². The lowest BCUT2D eigenvalue weighted by molar-refractivity contribution is 0.104. The quantitative estimate of drug-likeness (QED) is 0.670. The third-order valence-electron chi connectivity index (χ3n) is 2.79. The molecule has 5 heteroatoms. The maximum atomic E-state index is 12.4. The third-order valence-corrected chi connectivity index (χ3v) is 6.05. The molecule has 0 radical (unpaired) electrons. The van der Waals surface area contributed by atoms with Crippen LogP contribution in [0.5, 0.6) is 5.75 Å². The summed E-state index contributed by atoms with van der Waals surface area (Å²) in [5, 5.41) is 0. The maximum absolute atomic E-state index is 12.4. The van der Waals surface area contributed by atoms with Crippen LogP contribution in [0.2, 0.25) is 0 Å². The first kappa shape index (κ1) is 13.3. The summed E-state index contributed by atoms with van der Waals surface area (Å²) in [6.07, 6.45) is 2.57. The van der Waals surface area contributed by atoms with Gasteiger partial charge in [0, 0.05) is 10.0 Å². The molecule has 0 unspecified atom stereocenters. The molecule has 1 aromatic heterocycles. The largest absolute Gasteiger partial charge is 0.490 e. The average molecular weight is 402 g/mol. The van der Waals surface area contributed by atoms with Crippen molar-refractivity contribution in [1.29, 1.82) is 0 Å². The highest BCUT2D eigenvalue weighted by molar-refractivity contribution is 9.13. The fraction of sp³-hybridized carbons (Fsp3) is 0.214. The van der Waals surface area contributed by atoms with Gasteiger partial charge in [-0.2, -0.15) is 0 Å². The Morgan fingerprint density at radius 2 is 2.05 bits per heavy atom. The highest BCUT2D eigenvalue weighted by Crippen LogP contribution is 2.34. The summed E-state index contributed by atoms with van der Waals surface area (Å²) in [5.41, 5.74) is 0.666. The van der Waals surface area contributed by atoms with Gasteiger partial charge < -0.3 is 4.74 Å². The number of benzene rings is 1. The van der Waals surface area contributed by atoms with E-state index in [0.717, 1.165) is 26.9 Å². The number of rotatable bonds is 4. The Hall–Kier alpha value is -0.650. The fourth-order valence-corrected chi connectivity index (χ4v) is 3.69. The van der Waals surface area contributed by atoms with Gasteiger partial charge in [0.25, 0.3) is 0 Å². The van der Waals surface area contributed by atoms with Crippen molar-refractivity contribution in [3.8, 4) is 5.75 Å². The van der Waals surface area contributed by atoms with Gasteiger partial charge in [0.1, 0.15) is 5.75 Å². The van der Waals surface area contributed by atoms with Crippen LogP contribution in [-0.2, 0) is 0 Å². The summed E-state index contributed by atoms with van der Waals surface area (Å²) in [6.45, 7) is 0. The molecule has 1 aliphatic rings. The highest BCUT2D eigenvalue weighted by atomic mass is 79.9. The lowest BCUT2D eigenvalue weighted by Crippen LogP contribution is -2.01. The zero-order valence-electron chi connectivity index (χ0n) is 9.86. The minimum absolute atomic E-state index is 0.0256. The van der Waals surface area contributed by atoms with Gasteiger partial charge >= 0.3 is 0 Å². The van der Waals surface area contributed by atoms with Gasteiger partial charge in [-0.15, -0.1) is 11.3 Å². The maximum Gasteiger partial charge on any atom is 0.203 e. The predicted octanol–water partition coefficient (Wildman–Crippen LogP) is 5.05. The van der Waals surface area contributed by atoms with Crippen LogP contribution in [-0.4, -0.2) is 11.9 Å². The van der Waals surface area contributed by atoms with Crippen LogP contribution in [0.3, 0.4) is 0 Å². The van der Waals surface area contributed by atoms with Crippen LogP contribution in [0.4, 0.5) is 0 Å². The third kappa shape index (κ3) is 3.09. The molecule has 1 heterocycles. The van der Waals surface area contributed by atoms with E-state index >= 15 is 0 Å². The van der Waals surface area contributed by atoms with E-state index in [2.05, 4.69) is 31.9 Å². The van der Waals surface area contributed by atoms with E-state index in [1.54, 1.807) is 0 Å². The van der Waals surface area contributed by atoms with E-state index in [1.165, 1.54) is 11.3 Å². The van der Waals surface area contributed by atoms with Crippen molar-refractivity contribution in [2.75, 3.05) is 0 Å². The Kier molecular flexibility index (Phi) is 3.78. The van der Waals surface area contributed by atoms with E-state index in [4.69, 9.17) is 4.74 Å². The fourth-order valence-electron chi connectivity index (χ4n) is 1.69. The topological polar surface area (TPSA) is 26.3 Å². The molecule has 1 aliphatic carbocycles. The van der Waals surface area contributed by atoms with Crippen molar-refractivity contribution in [1.82, 2.24) is 0 Å². The summed E-state index contributed by atoms with van der Waals surface area (Å²) in [5.74, 6) is 0.806. The Labute approximate surface area is 132 Å². The van der Waals surface area contributed by atoms with Crippen LogP contribution >= 0.6 is 43.2 Å². The second-order valence-corrected chi connectivity index (χ2v) is 7.63. The molecule has 0 N–H and O–H groups in total. The molecule has 0 amide bonds. The lowest BCUT2D eigenvalue weighted by atomic mass is 10.1. The minimum atomic E-state index is 0.0256. The van der Waals surface area contributed by atoms with Crippen molar-refractivity contribution in [2.45, 2.75) is 18.9 Å². The number of carbonyl (C=O) groups excluding carboxylic acids is 1. The SMILES string of the molecule is O=C(c1cccc(OC2CC2)c1)c1cc(Br)c(Br)s1. The molecule has 2 nitrogen and oxygen atoms in total. The first-order valence-electron chi connectivity index (χ1n) is 5.90. The van der Waals surface area contributed by atoms with Crippen LogP contribution in [0, 0.1) is 0 Å². The lowest BCUT2D eigenvalue weighted by Gasteiger charge is -2.05. The molecular weight excluding hydrogens is 392 g/mol. The van der Waals surface area contributed by atoms with Gasteiger partial charge in [-0.05, 0) is 62.9 Å². The molecule has 2 aromatic rings. The van der Waals surface area contributed by atoms with Crippen molar-refractivity contribution >= 4 is 49.0 Å². The van der Waals surface area contributed by atoms with Gasteiger partial charge in [0.05, 0.1) is 14.8 Å².